The lowest BCUT2D eigenvalue weighted by Gasteiger charge is -2.23. The molecule has 2 amide bonds. The number of aromatic nitrogens is 1. The summed E-state index contributed by atoms with van der Waals surface area (Å²) < 4.78 is 33.7. The van der Waals surface area contributed by atoms with E-state index in [2.05, 4.69) is 4.98 Å². The average molecular weight is 820 g/mol. The first-order chi connectivity index (χ1) is 29.1. The fraction of sp³-hybridized carbons (Fsp3) is 0.340. The number of amides is 2. The van der Waals surface area contributed by atoms with Gasteiger partial charge in [-0.1, -0.05) is 54.6 Å². The van der Waals surface area contributed by atoms with Gasteiger partial charge in [-0.3, -0.25) is 14.8 Å². The maximum Gasteiger partial charge on any atom is 0.410 e. The van der Waals surface area contributed by atoms with E-state index >= 15 is 0 Å². The Morgan fingerprint density at radius 2 is 0.867 bits per heavy atom. The molecule has 5 rings (SSSR count). The predicted octanol–water partition coefficient (Wildman–Crippen LogP) is 7.94. The lowest BCUT2D eigenvalue weighted by molar-refractivity contribution is 0.0433. The number of carbonyl (C=O) groups is 2. The SMILES string of the molecule is COc1cccc(CN(Cc2ccc(N(C)C)cc2)C(=O)OCCOCc2cccc(COCCOC(=O)N(Cc3ccc(N(C)C)cc3)Cc3cccc(OC)c3)n2)c1. The Hall–Kier alpha value is -6.31. The summed E-state index contributed by atoms with van der Waals surface area (Å²) in [5.41, 5.74) is 7.39. The van der Waals surface area contributed by atoms with Crippen LogP contribution in [-0.2, 0) is 58.3 Å². The Bertz CT molecular complexity index is 1930. The predicted molar refractivity (Wildman–Crippen MR) is 232 cm³/mol. The second-order valence-electron chi connectivity index (χ2n) is 14.5. The first-order valence-electron chi connectivity index (χ1n) is 19.8. The van der Waals surface area contributed by atoms with Crippen molar-refractivity contribution in [1.29, 1.82) is 0 Å². The van der Waals surface area contributed by atoms with Crippen molar-refractivity contribution in [3.8, 4) is 11.5 Å². The highest BCUT2D eigenvalue weighted by Crippen LogP contribution is 2.21. The van der Waals surface area contributed by atoms with E-state index < -0.39 is 12.2 Å². The van der Waals surface area contributed by atoms with Crippen molar-refractivity contribution in [1.82, 2.24) is 14.8 Å². The van der Waals surface area contributed by atoms with E-state index in [9.17, 15) is 9.59 Å². The highest BCUT2D eigenvalue weighted by molar-refractivity contribution is 5.68. The number of pyridine rings is 1. The zero-order valence-electron chi connectivity index (χ0n) is 35.5. The second-order valence-corrected chi connectivity index (χ2v) is 14.5. The summed E-state index contributed by atoms with van der Waals surface area (Å²) in [5.74, 6) is 1.44. The molecule has 0 atom stereocenters. The van der Waals surface area contributed by atoms with Crippen molar-refractivity contribution >= 4 is 23.6 Å². The minimum absolute atomic E-state index is 0.0776. The summed E-state index contributed by atoms with van der Waals surface area (Å²) in [6.07, 6.45) is -0.888. The molecule has 0 saturated heterocycles. The fourth-order valence-corrected chi connectivity index (χ4v) is 6.19. The summed E-state index contributed by atoms with van der Waals surface area (Å²) >= 11 is 0. The first-order valence-corrected chi connectivity index (χ1v) is 19.8. The molecule has 60 heavy (non-hydrogen) atoms. The standard InChI is InChI=1S/C47H57N5O8/c1-49(2)42-20-16-36(17-21-42)30-51(32-38-10-7-14-44(28-38)55-5)46(53)59-26-24-57-34-40-12-9-13-41(48-40)35-58-25-27-60-47(54)52(33-39-11-8-15-45(29-39)56-6)31-37-18-22-43(23-19-37)50(3)4/h7-23,28-29H,24-27,30-35H2,1-6H3. The Morgan fingerprint density at radius 3 is 1.25 bits per heavy atom. The molecule has 0 aliphatic carbocycles. The van der Waals surface area contributed by atoms with Crippen molar-refractivity contribution in [3.05, 3.63) is 149 Å². The van der Waals surface area contributed by atoms with Gasteiger partial charge >= 0.3 is 12.2 Å². The van der Waals surface area contributed by atoms with Gasteiger partial charge in [0.15, 0.2) is 0 Å². The van der Waals surface area contributed by atoms with Crippen LogP contribution in [0.3, 0.4) is 0 Å². The minimum atomic E-state index is -0.444. The third-order valence-corrected chi connectivity index (χ3v) is 9.45. The van der Waals surface area contributed by atoms with Crippen LogP contribution in [0.4, 0.5) is 21.0 Å². The lowest BCUT2D eigenvalue weighted by atomic mass is 10.1. The van der Waals surface area contributed by atoms with Crippen LogP contribution in [0.5, 0.6) is 11.5 Å². The van der Waals surface area contributed by atoms with E-state index in [1.54, 1.807) is 24.0 Å². The van der Waals surface area contributed by atoms with Crippen LogP contribution in [0, 0.1) is 0 Å². The number of rotatable bonds is 22. The van der Waals surface area contributed by atoms with Crippen LogP contribution >= 0.6 is 0 Å². The summed E-state index contributed by atoms with van der Waals surface area (Å²) in [4.78, 5) is 38.7. The van der Waals surface area contributed by atoms with E-state index in [0.717, 1.165) is 45.1 Å². The number of ether oxygens (including phenoxy) is 6. The Morgan fingerprint density at radius 1 is 0.483 bits per heavy atom. The maximum absolute atomic E-state index is 13.3. The molecular formula is C47H57N5O8. The quantitative estimate of drug-likeness (QED) is 0.0634. The lowest BCUT2D eigenvalue weighted by Crippen LogP contribution is -2.31. The zero-order chi connectivity index (χ0) is 42.7. The molecular weight excluding hydrogens is 763 g/mol. The van der Waals surface area contributed by atoms with Gasteiger partial charge in [0.2, 0.25) is 0 Å². The highest BCUT2D eigenvalue weighted by atomic mass is 16.6. The van der Waals surface area contributed by atoms with Gasteiger partial charge < -0.3 is 38.2 Å². The van der Waals surface area contributed by atoms with Gasteiger partial charge in [-0.05, 0) is 82.9 Å². The number of carbonyl (C=O) groups excluding carboxylic acids is 2. The second kappa shape index (κ2) is 23.3. The van der Waals surface area contributed by atoms with Gasteiger partial charge in [-0.2, -0.15) is 0 Å². The molecule has 0 saturated carbocycles. The van der Waals surface area contributed by atoms with Gasteiger partial charge in [-0.25, -0.2) is 9.59 Å². The summed E-state index contributed by atoms with van der Waals surface area (Å²) in [7, 11) is 11.2. The fourth-order valence-electron chi connectivity index (χ4n) is 6.19. The van der Waals surface area contributed by atoms with Crippen LogP contribution in [0.25, 0.3) is 0 Å². The van der Waals surface area contributed by atoms with Crippen LogP contribution in [-0.4, -0.2) is 95.8 Å². The largest absolute Gasteiger partial charge is 0.497 e. The molecule has 0 bridgehead atoms. The van der Waals surface area contributed by atoms with Crippen molar-refractivity contribution in [2.45, 2.75) is 39.4 Å². The molecule has 318 valence electrons. The topological polar surface area (TPSA) is 115 Å². The number of anilines is 2. The number of hydrogen-bond donors (Lipinski definition) is 0. The van der Waals surface area contributed by atoms with Gasteiger partial charge in [0.1, 0.15) is 24.7 Å². The van der Waals surface area contributed by atoms with Crippen LogP contribution in [0.1, 0.15) is 33.6 Å². The highest BCUT2D eigenvalue weighted by Gasteiger charge is 2.19. The van der Waals surface area contributed by atoms with E-state index in [4.69, 9.17) is 28.4 Å². The molecule has 1 heterocycles. The Labute approximate surface area is 353 Å². The molecule has 13 nitrogen and oxygen atoms in total. The Kier molecular flexibility index (Phi) is 17.4. The van der Waals surface area contributed by atoms with E-state index in [1.807, 2.05) is 153 Å². The van der Waals surface area contributed by atoms with Crippen LogP contribution < -0.4 is 19.3 Å². The van der Waals surface area contributed by atoms with Gasteiger partial charge in [0.05, 0.1) is 52.0 Å². The molecule has 0 spiro atoms. The summed E-state index contributed by atoms with van der Waals surface area (Å²) in [6, 6.07) is 37.0. The van der Waals surface area contributed by atoms with Gasteiger partial charge in [0, 0.05) is 65.7 Å². The van der Waals surface area contributed by atoms with Crippen molar-refractivity contribution in [2.75, 3.05) is 78.6 Å². The molecule has 0 aliphatic heterocycles. The zero-order valence-corrected chi connectivity index (χ0v) is 35.5. The molecule has 0 N–H and O–H groups in total. The maximum atomic E-state index is 13.3. The molecule has 0 fully saturated rings. The third-order valence-electron chi connectivity index (χ3n) is 9.45. The van der Waals surface area contributed by atoms with E-state index in [1.165, 1.54) is 0 Å². The monoisotopic (exact) mass is 819 g/mol. The molecule has 13 heteroatoms. The molecule has 0 aliphatic rings. The first kappa shape index (κ1) is 44.8. The number of methoxy groups -OCH3 is 2. The summed E-state index contributed by atoms with van der Waals surface area (Å²) in [6.45, 7) is 2.46. The Balaban J connectivity index is 1.05. The van der Waals surface area contributed by atoms with Crippen LogP contribution in [0.2, 0.25) is 0 Å². The van der Waals surface area contributed by atoms with Crippen molar-refractivity contribution < 1.29 is 38.0 Å². The molecule has 1 aromatic heterocycles. The van der Waals surface area contributed by atoms with E-state index in [-0.39, 0.29) is 39.6 Å². The average Bonchev–Trinajstić information content (AvgIpc) is 3.26. The van der Waals surface area contributed by atoms with Crippen molar-refractivity contribution in [3.63, 3.8) is 0 Å². The van der Waals surface area contributed by atoms with Gasteiger partial charge in [0.25, 0.3) is 0 Å². The van der Waals surface area contributed by atoms with Crippen molar-refractivity contribution in [2.24, 2.45) is 0 Å². The van der Waals surface area contributed by atoms with Gasteiger partial charge in [-0.15, -0.1) is 0 Å². The normalized spacial score (nSPS) is 10.8. The number of benzene rings is 4. The summed E-state index contributed by atoms with van der Waals surface area (Å²) in [5, 5.41) is 0. The molecule has 4 aromatic carbocycles. The van der Waals surface area contributed by atoms with Crippen LogP contribution in [0.15, 0.2) is 115 Å². The number of nitrogens with zero attached hydrogens (tertiary/aromatic N) is 5. The molecule has 0 radical (unpaired) electrons. The minimum Gasteiger partial charge on any atom is -0.497 e. The number of hydrogen-bond acceptors (Lipinski definition) is 11. The smallest absolute Gasteiger partial charge is 0.410 e. The molecule has 0 unspecified atom stereocenters. The third kappa shape index (κ3) is 14.5. The molecule has 5 aromatic rings. The van der Waals surface area contributed by atoms with E-state index in [0.29, 0.717) is 37.6 Å².